The van der Waals surface area contributed by atoms with Gasteiger partial charge in [-0.2, -0.15) is 0 Å². The van der Waals surface area contributed by atoms with E-state index in [2.05, 4.69) is 0 Å². The number of rotatable bonds is 0. The minimum Gasteiger partial charge on any atom is -0.507 e. The number of Topliss-reactive ketones (excluding diaryl/α,β-unsaturated/α-hetero) is 1. The van der Waals surface area contributed by atoms with Crippen LogP contribution in [-0.2, 0) is 16.0 Å². The summed E-state index contributed by atoms with van der Waals surface area (Å²) in [6, 6.07) is 0.940. The lowest BCUT2D eigenvalue weighted by atomic mass is 9.98. The molecule has 1 heterocycles. The number of halogens is 1. The summed E-state index contributed by atoms with van der Waals surface area (Å²) in [7, 11) is 0. The number of ketones is 1. The van der Waals surface area contributed by atoms with Crippen LogP contribution < -0.4 is 0 Å². The molecule has 2 atom stereocenters. The van der Waals surface area contributed by atoms with Gasteiger partial charge in [0.15, 0.2) is 0 Å². The summed E-state index contributed by atoms with van der Waals surface area (Å²) in [6.45, 7) is 1.63. The Morgan fingerprint density at radius 2 is 1.92 bits per heavy atom. The Balaban J connectivity index is 2.45. The maximum absolute atomic E-state index is 12.5. The molecule has 0 bridgehead atoms. The van der Waals surface area contributed by atoms with E-state index in [9.17, 15) is 24.9 Å². The molecule has 0 radical (unpaired) electrons. The van der Waals surface area contributed by atoms with Crippen molar-refractivity contribution in [2.45, 2.75) is 51.2 Å². The third-order valence-corrected chi connectivity index (χ3v) is 4.41. The first-order valence-electron chi connectivity index (χ1n) is 8.08. The number of fused-ring (bicyclic) bond motifs is 1. The predicted octanol–water partition coefficient (Wildman–Crippen LogP) is 2.90. The number of cyclic esters (lactones) is 1. The molecule has 0 unspecified atom stereocenters. The Bertz CT molecular complexity index is 697. The number of aliphatic hydroxyl groups is 1. The minimum atomic E-state index is -0.852. The van der Waals surface area contributed by atoms with Gasteiger partial charge in [0, 0.05) is 30.9 Å². The number of allylic oxidation sites excluding steroid dienone is 2. The van der Waals surface area contributed by atoms with Gasteiger partial charge in [-0.25, -0.2) is 4.79 Å². The Labute approximate surface area is 150 Å². The first-order chi connectivity index (χ1) is 11.8. The molecular weight excluding hydrogens is 348 g/mol. The number of carbonyl (C=O) groups is 2. The number of esters is 1. The number of ether oxygens (including phenoxy) is 1. The van der Waals surface area contributed by atoms with Crippen molar-refractivity contribution in [3.05, 3.63) is 34.4 Å². The molecule has 7 heteroatoms. The highest BCUT2D eigenvalue weighted by Gasteiger charge is 2.26. The fourth-order valence-electron chi connectivity index (χ4n) is 2.76. The number of aliphatic hydroxyl groups excluding tert-OH is 1. The van der Waals surface area contributed by atoms with Gasteiger partial charge in [-0.3, -0.25) is 4.79 Å². The third kappa shape index (κ3) is 4.96. The predicted molar refractivity (Wildman–Crippen MR) is 92.0 cm³/mol. The molecule has 0 aliphatic carbocycles. The van der Waals surface area contributed by atoms with E-state index < -0.39 is 29.7 Å². The van der Waals surface area contributed by atoms with Crippen LogP contribution in [0.25, 0.3) is 0 Å². The van der Waals surface area contributed by atoms with E-state index in [1.54, 1.807) is 13.0 Å². The van der Waals surface area contributed by atoms with Crippen molar-refractivity contribution < 1.29 is 29.6 Å². The normalized spacial score (nSPS) is 24.1. The second-order valence-electron chi connectivity index (χ2n) is 6.16. The van der Waals surface area contributed by atoms with Crippen LogP contribution in [0.3, 0.4) is 0 Å². The fraction of sp³-hybridized carbons (Fsp3) is 0.444. The van der Waals surface area contributed by atoms with Gasteiger partial charge in [-0.15, -0.1) is 0 Å². The van der Waals surface area contributed by atoms with Crippen LogP contribution in [0.5, 0.6) is 11.5 Å². The summed E-state index contributed by atoms with van der Waals surface area (Å²) >= 11 is 6.05. The van der Waals surface area contributed by atoms with Crippen LogP contribution in [0.2, 0.25) is 5.02 Å². The van der Waals surface area contributed by atoms with E-state index in [1.807, 2.05) is 6.08 Å². The Kier molecular flexibility index (Phi) is 6.45. The van der Waals surface area contributed by atoms with Crippen LogP contribution >= 0.6 is 11.6 Å². The molecule has 1 aliphatic rings. The summed E-state index contributed by atoms with van der Waals surface area (Å²) in [5.41, 5.74) is -0.203. The van der Waals surface area contributed by atoms with Crippen molar-refractivity contribution in [3.63, 3.8) is 0 Å². The van der Waals surface area contributed by atoms with Crippen molar-refractivity contribution in [2.75, 3.05) is 0 Å². The van der Waals surface area contributed by atoms with Crippen molar-refractivity contribution in [1.29, 1.82) is 0 Å². The standard InChI is InChI=1S/C18H21ClO6/c1-10-7-11(20)5-3-2-4-6-12(21)8-13-16(18(24)25-10)14(22)9-15(23)17(13)19/h2,4,9-11,20,22-23H,3,5-8H2,1H3/b4-2+/t10-,11+/m1/s1. The van der Waals surface area contributed by atoms with E-state index >= 15 is 0 Å². The summed E-state index contributed by atoms with van der Waals surface area (Å²) in [4.78, 5) is 24.6. The SMILES string of the molecule is C[C@@H]1C[C@@H](O)CC/C=C/CC(=O)Cc2c(Cl)c(O)cc(O)c2C(=O)O1. The quantitative estimate of drug-likeness (QED) is 0.480. The molecule has 25 heavy (non-hydrogen) atoms. The zero-order valence-corrected chi connectivity index (χ0v) is 14.6. The number of phenols is 2. The Morgan fingerprint density at radius 3 is 2.64 bits per heavy atom. The summed E-state index contributed by atoms with van der Waals surface area (Å²) in [5, 5.41) is 29.6. The van der Waals surface area contributed by atoms with Crippen LogP contribution in [0.4, 0.5) is 0 Å². The second kappa shape index (κ2) is 8.36. The summed E-state index contributed by atoms with van der Waals surface area (Å²) in [6.07, 6.45) is 3.51. The van der Waals surface area contributed by atoms with Gasteiger partial charge in [0.2, 0.25) is 0 Å². The van der Waals surface area contributed by atoms with Crippen molar-refractivity contribution >= 4 is 23.4 Å². The van der Waals surface area contributed by atoms with Gasteiger partial charge in [-0.05, 0) is 19.8 Å². The molecule has 1 aromatic carbocycles. The zero-order valence-electron chi connectivity index (χ0n) is 13.9. The minimum absolute atomic E-state index is 0.0346. The molecule has 1 aromatic rings. The molecule has 0 saturated carbocycles. The molecule has 136 valence electrons. The van der Waals surface area contributed by atoms with Crippen molar-refractivity contribution in [2.24, 2.45) is 0 Å². The topological polar surface area (TPSA) is 104 Å². The van der Waals surface area contributed by atoms with E-state index in [4.69, 9.17) is 16.3 Å². The molecule has 3 N–H and O–H groups in total. The third-order valence-electron chi connectivity index (χ3n) is 3.99. The average molecular weight is 369 g/mol. The Morgan fingerprint density at radius 1 is 1.20 bits per heavy atom. The number of aromatic hydroxyl groups is 2. The van der Waals surface area contributed by atoms with Crippen molar-refractivity contribution in [3.8, 4) is 11.5 Å². The van der Waals surface area contributed by atoms with E-state index in [0.717, 1.165) is 6.07 Å². The monoisotopic (exact) mass is 368 g/mol. The number of hydrogen-bond donors (Lipinski definition) is 3. The van der Waals surface area contributed by atoms with E-state index in [-0.39, 0.29) is 41.2 Å². The van der Waals surface area contributed by atoms with Gasteiger partial charge in [0.1, 0.15) is 28.9 Å². The maximum atomic E-state index is 12.5. The lowest BCUT2D eigenvalue weighted by Gasteiger charge is -2.19. The molecule has 0 spiro atoms. The number of phenolic OH excluding ortho intramolecular Hbond substituents is 2. The van der Waals surface area contributed by atoms with Gasteiger partial charge in [-0.1, -0.05) is 23.8 Å². The molecule has 1 aliphatic heterocycles. The van der Waals surface area contributed by atoms with Crippen LogP contribution in [0.1, 0.15) is 48.5 Å². The highest BCUT2D eigenvalue weighted by Crippen LogP contribution is 2.37. The smallest absolute Gasteiger partial charge is 0.342 e. The largest absolute Gasteiger partial charge is 0.507 e. The highest BCUT2D eigenvalue weighted by atomic mass is 35.5. The van der Waals surface area contributed by atoms with Crippen LogP contribution in [0.15, 0.2) is 18.2 Å². The molecule has 2 rings (SSSR count). The Hall–Kier alpha value is -2.05. The second-order valence-corrected chi connectivity index (χ2v) is 6.53. The molecular formula is C18H21ClO6. The number of hydrogen-bond acceptors (Lipinski definition) is 6. The maximum Gasteiger partial charge on any atom is 0.342 e. The molecule has 0 aromatic heterocycles. The van der Waals surface area contributed by atoms with Crippen molar-refractivity contribution in [1.82, 2.24) is 0 Å². The van der Waals surface area contributed by atoms with Gasteiger partial charge >= 0.3 is 5.97 Å². The van der Waals surface area contributed by atoms with Gasteiger partial charge < -0.3 is 20.1 Å². The average Bonchev–Trinajstić information content (AvgIpc) is 2.50. The fourth-order valence-corrected chi connectivity index (χ4v) is 2.97. The lowest BCUT2D eigenvalue weighted by molar-refractivity contribution is -0.117. The first kappa shape index (κ1) is 19.3. The van der Waals surface area contributed by atoms with Gasteiger partial charge in [0.25, 0.3) is 0 Å². The van der Waals surface area contributed by atoms with E-state index in [1.165, 1.54) is 0 Å². The van der Waals surface area contributed by atoms with Crippen LogP contribution in [0, 0.1) is 0 Å². The lowest BCUT2D eigenvalue weighted by Crippen LogP contribution is -2.22. The molecule has 0 amide bonds. The van der Waals surface area contributed by atoms with Crippen LogP contribution in [-0.4, -0.2) is 39.3 Å². The summed E-state index contributed by atoms with van der Waals surface area (Å²) in [5.74, 6) is -2.01. The number of carbonyl (C=O) groups excluding carboxylic acids is 2. The number of benzene rings is 1. The molecule has 0 fully saturated rings. The van der Waals surface area contributed by atoms with E-state index in [0.29, 0.717) is 12.8 Å². The highest BCUT2D eigenvalue weighted by molar-refractivity contribution is 6.33. The van der Waals surface area contributed by atoms with Gasteiger partial charge in [0.05, 0.1) is 11.1 Å². The first-order valence-corrected chi connectivity index (χ1v) is 8.46. The molecule has 0 saturated heterocycles. The summed E-state index contributed by atoms with van der Waals surface area (Å²) < 4.78 is 5.27. The molecule has 6 nitrogen and oxygen atoms in total. The zero-order chi connectivity index (χ0) is 18.6.